The average Bonchev–Trinajstić information content (AvgIpc) is 2.42. The maximum Gasteiger partial charge on any atom is 0.231 e. The Morgan fingerprint density at radius 3 is 2.89 bits per heavy atom. The molecule has 0 spiro atoms. The van der Waals surface area contributed by atoms with E-state index < -0.39 is 11.2 Å². The van der Waals surface area contributed by atoms with E-state index in [9.17, 15) is 9.18 Å². The van der Waals surface area contributed by atoms with Crippen molar-refractivity contribution in [1.29, 1.82) is 0 Å². The van der Waals surface area contributed by atoms with Gasteiger partial charge in [-0.25, -0.2) is 9.37 Å². The number of amides is 1. The third kappa shape index (κ3) is 3.29. The normalized spacial score (nSPS) is 20.1. The molecule has 1 unspecified atom stereocenters. The summed E-state index contributed by atoms with van der Waals surface area (Å²) in [5.74, 6) is 0.221. The van der Waals surface area contributed by atoms with E-state index in [1.165, 1.54) is 12.1 Å². The molecule has 1 aliphatic rings. The molecule has 4 nitrogen and oxygen atoms in total. The van der Waals surface area contributed by atoms with E-state index in [0.29, 0.717) is 11.7 Å². The molecule has 2 heterocycles. The maximum atomic E-state index is 12.8. The fourth-order valence-electron chi connectivity index (χ4n) is 2.38. The van der Waals surface area contributed by atoms with Crippen LogP contribution in [0.1, 0.15) is 26.7 Å². The SMILES string of the molecule is CC(C)(C(=O)Nc1ccc(F)cn1)C1CCCNC1. The average molecular weight is 265 g/mol. The second-order valence-electron chi connectivity index (χ2n) is 5.58. The number of pyridine rings is 1. The quantitative estimate of drug-likeness (QED) is 0.880. The molecule has 1 amide bonds. The summed E-state index contributed by atoms with van der Waals surface area (Å²) in [7, 11) is 0. The fourth-order valence-corrected chi connectivity index (χ4v) is 2.38. The molecule has 0 bridgehead atoms. The van der Waals surface area contributed by atoms with E-state index in [4.69, 9.17) is 0 Å². The lowest BCUT2D eigenvalue weighted by atomic mass is 9.74. The van der Waals surface area contributed by atoms with Crippen molar-refractivity contribution < 1.29 is 9.18 Å². The third-order valence-electron chi connectivity index (χ3n) is 3.87. The molecule has 5 heteroatoms. The first-order valence-electron chi connectivity index (χ1n) is 6.64. The van der Waals surface area contributed by atoms with Gasteiger partial charge in [0.05, 0.1) is 6.20 Å². The minimum Gasteiger partial charge on any atom is -0.316 e. The molecule has 2 rings (SSSR count). The van der Waals surface area contributed by atoms with Crippen molar-refractivity contribution in [3.05, 3.63) is 24.1 Å². The van der Waals surface area contributed by atoms with Crippen molar-refractivity contribution >= 4 is 11.7 Å². The van der Waals surface area contributed by atoms with E-state index >= 15 is 0 Å². The zero-order valence-electron chi connectivity index (χ0n) is 11.4. The molecule has 0 radical (unpaired) electrons. The molecule has 1 fully saturated rings. The van der Waals surface area contributed by atoms with Gasteiger partial charge in [-0.15, -0.1) is 0 Å². The van der Waals surface area contributed by atoms with Crippen molar-refractivity contribution in [3.8, 4) is 0 Å². The molecular weight excluding hydrogens is 245 g/mol. The van der Waals surface area contributed by atoms with Gasteiger partial charge in [-0.2, -0.15) is 0 Å². The van der Waals surface area contributed by atoms with Crippen molar-refractivity contribution in [1.82, 2.24) is 10.3 Å². The molecule has 1 aromatic rings. The van der Waals surface area contributed by atoms with Gasteiger partial charge >= 0.3 is 0 Å². The minimum absolute atomic E-state index is 0.0692. The van der Waals surface area contributed by atoms with Crippen LogP contribution in [-0.2, 0) is 4.79 Å². The van der Waals surface area contributed by atoms with E-state index in [1.54, 1.807) is 0 Å². The van der Waals surface area contributed by atoms with E-state index in [0.717, 1.165) is 32.1 Å². The first-order chi connectivity index (χ1) is 9.00. The van der Waals surface area contributed by atoms with Crippen LogP contribution in [0.2, 0.25) is 0 Å². The van der Waals surface area contributed by atoms with Crippen molar-refractivity contribution in [2.24, 2.45) is 11.3 Å². The fraction of sp³-hybridized carbons (Fsp3) is 0.571. The predicted molar refractivity (Wildman–Crippen MR) is 72.2 cm³/mol. The van der Waals surface area contributed by atoms with Crippen LogP contribution < -0.4 is 10.6 Å². The lowest BCUT2D eigenvalue weighted by Gasteiger charge is -2.35. The van der Waals surface area contributed by atoms with Gasteiger partial charge in [0.1, 0.15) is 11.6 Å². The monoisotopic (exact) mass is 265 g/mol. The standard InChI is InChI=1S/C14H20FN3O/c1-14(2,10-4-3-7-16-8-10)13(19)18-12-6-5-11(15)9-17-12/h5-6,9-10,16H,3-4,7-8H2,1-2H3,(H,17,18,19). The van der Waals surface area contributed by atoms with Crippen molar-refractivity contribution in [2.45, 2.75) is 26.7 Å². The molecule has 1 aliphatic heterocycles. The van der Waals surface area contributed by atoms with Crippen LogP contribution in [0.3, 0.4) is 0 Å². The van der Waals surface area contributed by atoms with Gasteiger partial charge in [0.2, 0.25) is 5.91 Å². The summed E-state index contributed by atoms with van der Waals surface area (Å²) in [4.78, 5) is 16.2. The van der Waals surface area contributed by atoms with Crippen LogP contribution in [0.25, 0.3) is 0 Å². The van der Waals surface area contributed by atoms with Gasteiger partial charge in [0.15, 0.2) is 0 Å². The summed E-state index contributed by atoms with van der Waals surface area (Å²) in [5, 5.41) is 6.08. The van der Waals surface area contributed by atoms with E-state index in [2.05, 4.69) is 15.6 Å². The number of hydrogen-bond donors (Lipinski definition) is 2. The Labute approximate surface area is 112 Å². The van der Waals surface area contributed by atoms with Gasteiger partial charge in [0.25, 0.3) is 0 Å². The van der Waals surface area contributed by atoms with Crippen LogP contribution in [0.15, 0.2) is 18.3 Å². The number of nitrogens with one attached hydrogen (secondary N) is 2. The van der Waals surface area contributed by atoms with Crippen LogP contribution in [0.4, 0.5) is 10.2 Å². The second-order valence-corrected chi connectivity index (χ2v) is 5.58. The molecule has 0 saturated carbocycles. The van der Waals surface area contributed by atoms with Crippen LogP contribution in [0, 0.1) is 17.2 Å². The van der Waals surface area contributed by atoms with Gasteiger partial charge in [-0.05, 0) is 44.0 Å². The van der Waals surface area contributed by atoms with Crippen LogP contribution in [-0.4, -0.2) is 24.0 Å². The highest BCUT2D eigenvalue weighted by atomic mass is 19.1. The van der Waals surface area contributed by atoms with E-state index in [1.807, 2.05) is 13.8 Å². The number of hydrogen-bond acceptors (Lipinski definition) is 3. The Hall–Kier alpha value is -1.49. The summed E-state index contributed by atoms with van der Waals surface area (Å²) in [5.41, 5.74) is -0.469. The summed E-state index contributed by atoms with van der Waals surface area (Å²) in [6.07, 6.45) is 3.24. The number of aromatic nitrogens is 1. The van der Waals surface area contributed by atoms with Crippen LogP contribution in [0.5, 0.6) is 0 Å². The van der Waals surface area contributed by atoms with Gasteiger partial charge in [0, 0.05) is 5.41 Å². The molecule has 0 aromatic carbocycles. The Morgan fingerprint density at radius 2 is 2.32 bits per heavy atom. The van der Waals surface area contributed by atoms with Crippen LogP contribution >= 0.6 is 0 Å². The zero-order chi connectivity index (χ0) is 13.9. The summed E-state index contributed by atoms with van der Waals surface area (Å²) >= 11 is 0. The number of carbonyl (C=O) groups is 1. The highest BCUT2D eigenvalue weighted by molar-refractivity contribution is 5.94. The first-order valence-corrected chi connectivity index (χ1v) is 6.64. The van der Waals surface area contributed by atoms with E-state index in [-0.39, 0.29) is 5.91 Å². The lowest BCUT2D eigenvalue weighted by Crippen LogP contribution is -2.44. The number of nitrogens with zero attached hydrogens (tertiary/aromatic N) is 1. The number of halogens is 1. The molecule has 2 N–H and O–H groups in total. The smallest absolute Gasteiger partial charge is 0.231 e. The van der Waals surface area contributed by atoms with Gasteiger partial charge < -0.3 is 10.6 Å². The third-order valence-corrected chi connectivity index (χ3v) is 3.87. The Kier molecular flexibility index (Phi) is 4.14. The van der Waals surface area contributed by atoms with Crippen molar-refractivity contribution in [2.75, 3.05) is 18.4 Å². The highest BCUT2D eigenvalue weighted by Gasteiger charge is 2.37. The maximum absolute atomic E-state index is 12.8. The number of carbonyl (C=O) groups excluding carboxylic acids is 1. The Morgan fingerprint density at radius 1 is 1.53 bits per heavy atom. The Bertz CT molecular complexity index is 439. The molecular formula is C14H20FN3O. The minimum atomic E-state index is -0.469. The topological polar surface area (TPSA) is 54.0 Å². The summed E-state index contributed by atoms with van der Waals surface area (Å²) < 4.78 is 12.8. The van der Waals surface area contributed by atoms with Gasteiger partial charge in [-0.3, -0.25) is 4.79 Å². The Balaban J connectivity index is 2.03. The molecule has 19 heavy (non-hydrogen) atoms. The second kappa shape index (κ2) is 5.65. The zero-order valence-corrected chi connectivity index (χ0v) is 11.4. The summed E-state index contributed by atoms with van der Waals surface area (Å²) in [6.45, 7) is 5.78. The molecule has 104 valence electrons. The molecule has 0 aliphatic carbocycles. The first kappa shape index (κ1) is 13.9. The predicted octanol–water partition coefficient (Wildman–Crippen LogP) is 2.18. The number of anilines is 1. The molecule has 1 saturated heterocycles. The highest BCUT2D eigenvalue weighted by Crippen LogP contribution is 2.32. The van der Waals surface area contributed by atoms with Gasteiger partial charge in [-0.1, -0.05) is 13.8 Å². The number of rotatable bonds is 3. The number of piperidine rings is 1. The largest absolute Gasteiger partial charge is 0.316 e. The van der Waals surface area contributed by atoms with Crippen molar-refractivity contribution in [3.63, 3.8) is 0 Å². The summed E-state index contributed by atoms with van der Waals surface area (Å²) in [6, 6.07) is 2.76. The molecule has 1 aromatic heterocycles. The molecule has 1 atom stereocenters. The lowest BCUT2D eigenvalue weighted by molar-refractivity contribution is -0.127.